The molecule has 5 nitrogen and oxygen atoms in total. The molecule has 1 aliphatic rings. The molecule has 1 unspecified atom stereocenters. The molecule has 0 bridgehead atoms. The number of nitriles is 1. The van der Waals surface area contributed by atoms with Crippen molar-refractivity contribution in [1.29, 1.82) is 5.26 Å². The summed E-state index contributed by atoms with van der Waals surface area (Å²) in [5, 5.41) is 12.1. The van der Waals surface area contributed by atoms with E-state index in [0.717, 1.165) is 5.56 Å². The summed E-state index contributed by atoms with van der Waals surface area (Å²) in [6, 6.07) is 9.78. The molecular weight excluding hydrogens is 266 g/mol. The van der Waals surface area contributed by atoms with Gasteiger partial charge in [-0.05, 0) is 24.6 Å². The highest BCUT2D eigenvalue weighted by molar-refractivity contribution is 5.76. The van der Waals surface area contributed by atoms with Crippen LogP contribution in [0.1, 0.15) is 30.5 Å². The highest BCUT2D eigenvalue weighted by Gasteiger charge is 2.16. The maximum atomic E-state index is 12.0. The van der Waals surface area contributed by atoms with Gasteiger partial charge in [0, 0.05) is 32.1 Å². The van der Waals surface area contributed by atoms with E-state index in [1.54, 1.807) is 0 Å². The van der Waals surface area contributed by atoms with Crippen LogP contribution in [0.4, 0.5) is 0 Å². The third-order valence-electron chi connectivity index (χ3n) is 3.69. The van der Waals surface area contributed by atoms with E-state index in [4.69, 9.17) is 10.00 Å². The summed E-state index contributed by atoms with van der Waals surface area (Å²) < 4.78 is 5.24. The molecular formula is C16H21N3O2. The number of morpholine rings is 1. The minimum absolute atomic E-state index is 0.162. The molecule has 0 spiro atoms. The monoisotopic (exact) mass is 287 g/mol. The van der Waals surface area contributed by atoms with Crippen LogP contribution < -0.4 is 5.32 Å². The summed E-state index contributed by atoms with van der Waals surface area (Å²) >= 11 is 0. The normalized spacial score (nSPS) is 16.3. The van der Waals surface area contributed by atoms with Crippen LogP contribution in [0.5, 0.6) is 0 Å². The van der Waals surface area contributed by atoms with Crippen LogP contribution in [0.25, 0.3) is 0 Å². The molecule has 1 aliphatic heterocycles. The van der Waals surface area contributed by atoms with E-state index in [-0.39, 0.29) is 11.9 Å². The van der Waals surface area contributed by atoms with Gasteiger partial charge in [0.2, 0.25) is 5.91 Å². The Bertz CT molecular complexity index is 501. The molecule has 1 heterocycles. The number of carbonyl (C=O) groups excluding carboxylic acids is 1. The Morgan fingerprint density at radius 2 is 2.05 bits per heavy atom. The zero-order valence-corrected chi connectivity index (χ0v) is 12.3. The molecule has 0 radical (unpaired) electrons. The van der Waals surface area contributed by atoms with Crippen molar-refractivity contribution in [2.45, 2.75) is 19.4 Å². The fourth-order valence-corrected chi connectivity index (χ4v) is 2.33. The molecule has 1 fully saturated rings. The standard InChI is InChI=1S/C16H21N3O2/c1-13(15-4-2-14(12-17)3-5-15)18-7-6-16(20)19-8-10-21-11-9-19/h2-5,13,18H,6-11H2,1H3. The Morgan fingerprint density at radius 3 is 2.67 bits per heavy atom. The number of nitrogens with one attached hydrogen (secondary N) is 1. The van der Waals surface area contributed by atoms with Gasteiger partial charge in [0.25, 0.3) is 0 Å². The van der Waals surface area contributed by atoms with Gasteiger partial charge in [-0.3, -0.25) is 4.79 Å². The van der Waals surface area contributed by atoms with Crippen molar-refractivity contribution < 1.29 is 9.53 Å². The second kappa shape index (κ2) is 7.77. The number of carbonyl (C=O) groups is 1. The summed E-state index contributed by atoms with van der Waals surface area (Å²) in [6.45, 7) is 5.38. The topological polar surface area (TPSA) is 65.4 Å². The molecule has 1 amide bonds. The zero-order valence-electron chi connectivity index (χ0n) is 12.3. The van der Waals surface area contributed by atoms with Crippen molar-refractivity contribution in [3.63, 3.8) is 0 Å². The van der Waals surface area contributed by atoms with E-state index in [2.05, 4.69) is 18.3 Å². The van der Waals surface area contributed by atoms with Gasteiger partial charge in [0.1, 0.15) is 0 Å². The second-order valence-electron chi connectivity index (χ2n) is 5.15. The minimum atomic E-state index is 0.162. The van der Waals surface area contributed by atoms with E-state index in [9.17, 15) is 4.79 Å². The van der Waals surface area contributed by atoms with Crippen LogP contribution in [0.3, 0.4) is 0 Å². The highest BCUT2D eigenvalue weighted by Crippen LogP contribution is 2.13. The second-order valence-corrected chi connectivity index (χ2v) is 5.15. The predicted molar refractivity (Wildman–Crippen MR) is 79.6 cm³/mol. The van der Waals surface area contributed by atoms with Gasteiger partial charge in [-0.1, -0.05) is 12.1 Å². The summed E-state index contributed by atoms with van der Waals surface area (Å²) in [7, 11) is 0. The van der Waals surface area contributed by atoms with Gasteiger partial charge in [0.15, 0.2) is 0 Å². The molecule has 0 saturated carbocycles. The minimum Gasteiger partial charge on any atom is -0.378 e. The zero-order chi connectivity index (χ0) is 15.1. The number of hydrogen-bond acceptors (Lipinski definition) is 4. The number of amides is 1. The summed E-state index contributed by atoms with van der Waals surface area (Å²) in [6.07, 6.45) is 0.501. The molecule has 0 aromatic heterocycles. The number of ether oxygens (including phenoxy) is 1. The van der Waals surface area contributed by atoms with Gasteiger partial charge < -0.3 is 15.0 Å². The Labute approximate surface area is 125 Å². The Morgan fingerprint density at radius 1 is 1.38 bits per heavy atom. The van der Waals surface area contributed by atoms with E-state index < -0.39 is 0 Å². The lowest BCUT2D eigenvalue weighted by Crippen LogP contribution is -2.41. The van der Waals surface area contributed by atoms with E-state index in [1.165, 1.54) is 0 Å². The maximum absolute atomic E-state index is 12.0. The first kappa shape index (κ1) is 15.5. The molecule has 1 saturated heterocycles. The summed E-state index contributed by atoms with van der Waals surface area (Å²) in [5.41, 5.74) is 1.78. The van der Waals surface area contributed by atoms with Gasteiger partial charge in [0.05, 0.1) is 24.8 Å². The Kier molecular flexibility index (Phi) is 5.73. The highest BCUT2D eigenvalue weighted by atomic mass is 16.5. The molecule has 0 aliphatic carbocycles. The lowest BCUT2D eigenvalue weighted by Gasteiger charge is -2.27. The maximum Gasteiger partial charge on any atom is 0.224 e. The van der Waals surface area contributed by atoms with Gasteiger partial charge in [-0.2, -0.15) is 5.26 Å². The van der Waals surface area contributed by atoms with Crippen molar-refractivity contribution in [3.05, 3.63) is 35.4 Å². The largest absolute Gasteiger partial charge is 0.378 e. The molecule has 1 aromatic rings. The Balaban J connectivity index is 1.74. The summed E-state index contributed by atoms with van der Waals surface area (Å²) in [4.78, 5) is 13.9. The fraction of sp³-hybridized carbons (Fsp3) is 0.500. The molecule has 1 N–H and O–H groups in total. The first-order valence-electron chi connectivity index (χ1n) is 7.29. The third-order valence-corrected chi connectivity index (χ3v) is 3.69. The number of benzene rings is 1. The van der Waals surface area contributed by atoms with Crippen LogP contribution >= 0.6 is 0 Å². The molecule has 112 valence electrons. The number of nitrogens with zero attached hydrogens (tertiary/aromatic N) is 2. The van der Waals surface area contributed by atoms with Gasteiger partial charge >= 0.3 is 0 Å². The number of rotatable bonds is 5. The molecule has 1 atom stereocenters. The van der Waals surface area contributed by atoms with Gasteiger partial charge in [-0.25, -0.2) is 0 Å². The van der Waals surface area contributed by atoms with Crippen molar-refractivity contribution in [1.82, 2.24) is 10.2 Å². The van der Waals surface area contributed by atoms with Crippen LogP contribution in [-0.2, 0) is 9.53 Å². The van der Waals surface area contributed by atoms with Crippen molar-refractivity contribution in [2.24, 2.45) is 0 Å². The molecule has 2 rings (SSSR count). The molecule has 5 heteroatoms. The average molecular weight is 287 g/mol. The lowest BCUT2D eigenvalue weighted by atomic mass is 10.1. The van der Waals surface area contributed by atoms with Crippen LogP contribution in [0.2, 0.25) is 0 Å². The predicted octanol–water partition coefficient (Wildman–Crippen LogP) is 1.46. The van der Waals surface area contributed by atoms with Crippen LogP contribution in [0, 0.1) is 11.3 Å². The van der Waals surface area contributed by atoms with E-state index >= 15 is 0 Å². The third kappa shape index (κ3) is 4.55. The van der Waals surface area contributed by atoms with Crippen molar-refractivity contribution >= 4 is 5.91 Å². The van der Waals surface area contributed by atoms with E-state index in [1.807, 2.05) is 29.2 Å². The number of hydrogen-bond donors (Lipinski definition) is 1. The first-order valence-corrected chi connectivity index (χ1v) is 7.29. The van der Waals surface area contributed by atoms with Crippen molar-refractivity contribution in [2.75, 3.05) is 32.8 Å². The lowest BCUT2D eigenvalue weighted by molar-refractivity contribution is -0.135. The SMILES string of the molecule is CC(NCCC(=O)N1CCOCC1)c1ccc(C#N)cc1. The molecule has 1 aromatic carbocycles. The van der Waals surface area contributed by atoms with Crippen LogP contribution in [0.15, 0.2) is 24.3 Å². The smallest absolute Gasteiger partial charge is 0.224 e. The fourth-order valence-electron chi connectivity index (χ4n) is 2.33. The Hall–Kier alpha value is -1.90. The van der Waals surface area contributed by atoms with E-state index in [0.29, 0.717) is 44.8 Å². The average Bonchev–Trinajstić information content (AvgIpc) is 2.55. The molecule has 21 heavy (non-hydrogen) atoms. The van der Waals surface area contributed by atoms with Crippen molar-refractivity contribution in [3.8, 4) is 6.07 Å². The van der Waals surface area contributed by atoms with Gasteiger partial charge in [-0.15, -0.1) is 0 Å². The van der Waals surface area contributed by atoms with Crippen LogP contribution in [-0.4, -0.2) is 43.7 Å². The summed E-state index contributed by atoms with van der Waals surface area (Å²) in [5.74, 6) is 0.179. The first-order chi connectivity index (χ1) is 10.2. The quantitative estimate of drug-likeness (QED) is 0.890.